The van der Waals surface area contributed by atoms with Crippen LogP contribution in [0.3, 0.4) is 0 Å². The molecular weight excluding hydrogens is 476 g/mol. The maximum absolute atomic E-state index is 12.4. The van der Waals surface area contributed by atoms with Crippen molar-refractivity contribution in [3.63, 3.8) is 0 Å². The maximum atomic E-state index is 12.4. The van der Waals surface area contributed by atoms with Crippen molar-refractivity contribution in [2.75, 3.05) is 21.3 Å². The van der Waals surface area contributed by atoms with Gasteiger partial charge >= 0.3 is 0 Å². The molecular formula is C24H23BrN2O5. The second-order valence-electron chi connectivity index (χ2n) is 6.58. The van der Waals surface area contributed by atoms with Crippen LogP contribution >= 0.6 is 15.9 Å². The summed E-state index contributed by atoms with van der Waals surface area (Å²) in [5.74, 6) is 1.75. The Morgan fingerprint density at radius 2 is 1.66 bits per heavy atom. The smallest absolute Gasteiger partial charge is 0.271 e. The summed E-state index contributed by atoms with van der Waals surface area (Å²) in [7, 11) is 4.61. The fourth-order valence-electron chi connectivity index (χ4n) is 2.89. The highest BCUT2D eigenvalue weighted by atomic mass is 79.9. The zero-order chi connectivity index (χ0) is 22.9. The second-order valence-corrected chi connectivity index (χ2v) is 7.43. The van der Waals surface area contributed by atoms with Crippen LogP contribution in [0, 0.1) is 0 Å². The molecule has 0 aliphatic carbocycles. The lowest BCUT2D eigenvalue weighted by molar-refractivity contribution is 0.0954. The number of hydrogen-bond donors (Lipinski definition) is 1. The van der Waals surface area contributed by atoms with Gasteiger partial charge in [-0.3, -0.25) is 4.79 Å². The third kappa shape index (κ3) is 5.79. The number of carbonyl (C=O) groups is 1. The van der Waals surface area contributed by atoms with Crippen molar-refractivity contribution in [3.8, 4) is 23.0 Å². The van der Waals surface area contributed by atoms with Gasteiger partial charge in [-0.1, -0.05) is 30.3 Å². The van der Waals surface area contributed by atoms with Gasteiger partial charge in [0.15, 0.2) is 23.0 Å². The lowest BCUT2D eigenvalue weighted by Crippen LogP contribution is -2.17. The van der Waals surface area contributed by atoms with Gasteiger partial charge in [0.2, 0.25) is 0 Å². The van der Waals surface area contributed by atoms with E-state index < -0.39 is 0 Å². The summed E-state index contributed by atoms with van der Waals surface area (Å²) in [6.07, 6.45) is 1.52. The van der Waals surface area contributed by atoms with Crippen molar-refractivity contribution in [2.24, 2.45) is 5.10 Å². The Morgan fingerprint density at radius 1 is 0.938 bits per heavy atom. The van der Waals surface area contributed by atoms with Crippen LogP contribution in [0.5, 0.6) is 23.0 Å². The van der Waals surface area contributed by atoms with Crippen LogP contribution in [0.25, 0.3) is 0 Å². The minimum absolute atomic E-state index is 0.379. The number of halogens is 1. The molecule has 166 valence electrons. The Labute approximate surface area is 195 Å². The largest absolute Gasteiger partial charge is 0.493 e. The molecule has 3 aromatic rings. The number of rotatable bonds is 9. The number of hydrogen-bond acceptors (Lipinski definition) is 6. The lowest BCUT2D eigenvalue weighted by atomic mass is 10.2. The second kappa shape index (κ2) is 11.2. The lowest BCUT2D eigenvalue weighted by Gasteiger charge is -2.13. The molecule has 0 aliphatic rings. The first-order valence-electron chi connectivity index (χ1n) is 9.65. The van der Waals surface area contributed by atoms with E-state index in [9.17, 15) is 4.79 Å². The van der Waals surface area contributed by atoms with Crippen molar-refractivity contribution in [1.29, 1.82) is 0 Å². The quantitative estimate of drug-likeness (QED) is 0.338. The van der Waals surface area contributed by atoms with Crippen LogP contribution in [-0.2, 0) is 6.61 Å². The molecule has 3 aromatic carbocycles. The number of amides is 1. The van der Waals surface area contributed by atoms with E-state index in [0.717, 1.165) is 5.56 Å². The predicted molar refractivity (Wildman–Crippen MR) is 126 cm³/mol. The Bertz CT molecular complexity index is 1100. The topological polar surface area (TPSA) is 78.4 Å². The molecule has 0 saturated heterocycles. The molecule has 8 heteroatoms. The molecule has 1 amide bonds. The van der Waals surface area contributed by atoms with Crippen LogP contribution in [0.1, 0.15) is 21.5 Å². The predicted octanol–water partition coefficient (Wildman–Crippen LogP) is 4.82. The molecule has 0 radical (unpaired) electrons. The number of hydrazone groups is 1. The maximum Gasteiger partial charge on any atom is 0.271 e. The summed E-state index contributed by atoms with van der Waals surface area (Å²) in [5.41, 5.74) is 4.66. The van der Waals surface area contributed by atoms with Gasteiger partial charge in [0, 0.05) is 5.56 Å². The molecule has 3 rings (SSSR count). The van der Waals surface area contributed by atoms with Gasteiger partial charge in [0.1, 0.15) is 6.61 Å². The molecule has 1 N–H and O–H groups in total. The van der Waals surface area contributed by atoms with Gasteiger partial charge in [0.05, 0.1) is 32.0 Å². The van der Waals surface area contributed by atoms with E-state index in [4.69, 9.17) is 18.9 Å². The van der Waals surface area contributed by atoms with E-state index in [2.05, 4.69) is 26.5 Å². The van der Waals surface area contributed by atoms with E-state index in [1.165, 1.54) is 20.4 Å². The van der Waals surface area contributed by atoms with Crippen LogP contribution in [0.2, 0.25) is 0 Å². The molecule has 7 nitrogen and oxygen atoms in total. The van der Waals surface area contributed by atoms with Crippen molar-refractivity contribution < 1.29 is 23.7 Å². The minimum atomic E-state index is -0.379. The van der Waals surface area contributed by atoms with Crippen LogP contribution in [0.15, 0.2) is 70.2 Å². The monoisotopic (exact) mass is 498 g/mol. The molecule has 32 heavy (non-hydrogen) atoms. The van der Waals surface area contributed by atoms with Crippen molar-refractivity contribution in [2.45, 2.75) is 6.61 Å². The van der Waals surface area contributed by atoms with Gasteiger partial charge in [-0.2, -0.15) is 5.10 Å². The number of ether oxygens (including phenoxy) is 4. The van der Waals surface area contributed by atoms with Crippen LogP contribution in [0.4, 0.5) is 0 Å². The molecule has 0 aliphatic heterocycles. The number of benzene rings is 3. The van der Waals surface area contributed by atoms with E-state index in [1.54, 1.807) is 31.4 Å². The zero-order valence-corrected chi connectivity index (χ0v) is 19.5. The Kier molecular flexibility index (Phi) is 8.10. The molecule has 0 aromatic heterocycles. The first-order valence-corrected chi connectivity index (χ1v) is 10.4. The number of nitrogens with one attached hydrogen (secondary N) is 1. The number of nitrogens with zero attached hydrogens (tertiary/aromatic N) is 1. The van der Waals surface area contributed by atoms with Gasteiger partial charge < -0.3 is 18.9 Å². The summed E-state index contributed by atoms with van der Waals surface area (Å²) in [4.78, 5) is 12.4. The summed E-state index contributed by atoms with van der Waals surface area (Å²) >= 11 is 3.52. The SMILES string of the molecule is COc1ccc(C(=O)N/N=C\c2cc(Br)c(OCc3ccccc3)c(OC)c2)cc1OC. The first kappa shape index (κ1) is 23.1. The molecule has 0 unspecified atom stereocenters. The van der Waals surface area contributed by atoms with Gasteiger partial charge in [-0.05, 0) is 57.4 Å². The zero-order valence-electron chi connectivity index (χ0n) is 17.9. The third-order valence-electron chi connectivity index (χ3n) is 4.50. The highest BCUT2D eigenvalue weighted by Crippen LogP contribution is 2.37. The summed E-state index contributed by atoms with van der Waals surface area (Å²) in [6.45, 7) is 0.407. The highest BCUT2D eigenvalue weighted by molar-refractivity contribution is 9.10. The van der Waals surface area contributed by atoms with Crippen LogP contribution < -0.4 is 24.4 Å². The number of methoxy groups -OCH3 is 3. The first-order chi connectivity index (χ1) is 15.5. The standard InChI is InChI=1S/C24H23BrN2O5/c1-29-20-10-9-18(13-21(20)30-2)24(28)27-26-14-17-11-19(25)23(22(12-17)31-3)32-15-16-7-5-4-6-8-16/h4-14H,15H2,1-3H3,(H,27,28)/b26-14-. The molecule has 0 heterocycles. The van der Waals surface area contributed by atoms with E-state index in [1.807, 2.05) is 36.4 Å². The summed E-state index contributed by atoms with van der Waals surface area (Å²) in [6, 6.07) is 18.3. The van der Waals surface area contributed by atoms with E-state index in [0.29, 0.717) is 45.2 Å². The normalized spacial score (nSPS) is 10.6. The molecule has 0 fully saturated rings. The fraction of sp³-hybridized carbons (Fsp3) is 0.167. The Balaban J connectivity index is 1.69. The average Bonchev–Trinajstić information content (AvgIpc) is 2.83. The highest BCUT2D eigenvalue weighted by Gasteiger charge is 2.12. The van der Waals surface area contributed by atoms with Gasteiger partial charge in [0.25, 0.3) is 5.91 Å². The van der Waals surface area contributed by atoms with Crippen molar-refractivity contribution in [1.82, 2.24) is 5.43 Å². The molecule has 0 atom stereocenters. The Hall–Kier alpha value is -3.52. The molecule has 0 bridgehead atoms. The number of carbonyl (C=O) groups excluding carboxylic acids is 1. The molecule has 0 saturated carbocycles. The average molecular weight is 499 g/mol. The van der Waals surface area contributed by atoms with Crippen molar-refractivity contribution in [3.05, 3.63) is 81.8 Å². The third-order valence-corrected chi connectivity index (χ3v) is 5.09. The Morgan fingerprint density at radius 3 is 2.34 bits per heavy atom. The van der Waals surface area contributed by atoms with E-state index >= 15 is 0 Å². The van der Waals surface area contributed by atoms with Crippen molar-refractivity contribution >= 4 is 28.1 Å². The van der Waals surface area contributed by atoms with Crippen LogP contribution in [-0.4, -0.2) is 33.5 Å². The van der Waals surface area contributed by atoms with E-state index in [-0.39, 0.29) is 5.91 Å². The minimum Gasteiger partial charge on any atom is -0.493 e. The summed E-state index contributed by atoms with van der Waals surface area (Å²) in [5, 5.41) is 4.04. The molecule has 0 spiro atoms. The van der Waals surface area contributed by atoms with Gasteiger partial charge in [-0.25, -0.2) is 5.43 Å². The fourth-order valence-corrected chi connectivity index (χ4v) is 3.47. The van der Waals surface area contributed by atoms with Gasteiger partial charge in [-0.15, -0.1) is 0 Å². The summed E-state index contributed by atoms with van der Waals surface area (Å²) < 4.78 is 22.5.